The number of hydrogen-bond acceptors (Lipinski definition) is 3. The molecule has 0 amide bonds. The molecule has 0 bridgehead atoms. The highest BCUT2D eigenvalue weighted by atomic mass is 16.3. The van der Waals surface area contributed by atoms with Crippen LogP contribution in [0, 0.1) is 0 Å². The van der Waals surface area contributed by atoms with Crippen LogP contribution in [0.5, 0.6) is 0 Å². The zero-order valence-electron chi connectivity index (χ0n) is 6.14. The Morgan fingerprint density at radius 2 is 2.30 bits per heavy atom. The average molecular weight is 142 g/mol. The number of nitrogens with one attached hydrogen (secondary N) is 1. The number of hydrogen-bond donors (Lipinski definition) is 2. The molecule has 1 saturated carbocycles. The molecule has 1 aliphatic carbocycles. The fourth-order valence-corrected chi connectivity index (χ4v) is 1.81. The zero-order chi connectivity index (χ0) is 7.03. The first-order chi connectivity index (χ1) is 4.87. The van der Waals surface area contributed by atoms with Gasteiger partial charge in [0.05, 0.1) is 12.3 Å². The molecular weight excluding hydrogens is 128 g/mol. The highest BCUT2D eigenvalue weighted by Gasteiger charge is 2.50. The molecule has 0 aromatic carbocycles. The molecule has 1 saturated heterocycles. The Hall–Kier alpha value is -0.120. The van der Waals surface area contributed by atoms with E-state index in [0.29, 0.717) is 12.3 Å². The lowest BCUT2D eigenvalue weighted by Crippen LogP contribution is -2.39. The van der Waals surface area contributed by atoms with Crippen molar-refractivity contribution >= 4 is 0 Å². The van der Waals surface area contributed by atoms with Crippen LogP contribution in [0.2, 0.25) is 0 Å². The van der Waals surface area contributed by atoms with Gasteiger partial charge < -0.3 is 5.11 Å². The van der Waals surface area contributed by atoms with Gasteiger partial charge in [0.15, 0.2) is 0 Å². The van der Waals surface area contributed by atoms with Crippen molar-refractivity contribution in [1.82, 2.24) is 10.2 Å². The first kappa shape index (κ1) is 6.58. The van der Waals surface area contributed by atoms with Crippen LogP contribution in [0.1, 0.15) is 12.8 Å². The molecule has 0 unspecified atom stereocenters. The van der Waals surface area contributed by atoms with E-state index in [1.165, 1.54) is 12.8 Å². The minimum Gasteiger partial charge on any atom is -0.395 e. The second-order valence-corrected chi connectivity index (χ2v) is 3.17. The SMILES string of the molecule is OCCN1CCNC12CC2. The molecule has 10 heavy (non-hydrogen) atoms. The summed E-state index contributed by atoms with van der Waals surface area (Å²) in [5, 5.41) is 12.2. The van der Waals surface area contributed by atoms with Gasteiger partial charge in [-0.05, 0) is 12.8 Å². The Morgan fingerprint density at radius 3 is 2.90 bits per heavy atom. The lowest BCUT2D eigenvalue weighted by molar-refractivity contribution is 0.166. The Kier molecular flexibility index (Phi) is 1.44. The molecule has 3 heteroatoms. The maximum atomic E-state index is 8.72. The van der Waals surface area contributed by atoms with Gasteiger partial charge >= 0.3 is 0 Å². The van der Waals surface area contributed by atoms with Crippen molar-refractivity contribution in [3.05, 3.63) is 0 Å². The third kappa shape index (κ3) is 0.856. The van der Waals surface area contributed by atoms with Gasteiger partial charge in [-0.1, -0.05) is 0 Å². The van der Waals surface area contributed by atoms with Crippen molar-refractivity contribution in [2.45, 2.75) is 18.5 Å². The standard InChI is InChI=1S/C7H14N2O/c10-6-5-9-4-3-8-7(9)1-2-7/h8,10H,1-6H2. The van der Waals surface area contributed by atoms with E-state index in [9.17, 15) is 0 Å². The number of nitrogens with zero attached hydrogens (tertiary/aromatic N) is 1. The van der Waals surface area contributed by atoms with E-state index in [1.807, 2.05) is 0 Å². The number of aliphatic hydroxyl groups excluding tert-OH is 1. The van der Waals surface area contributed by atoms with Crippen molar-refractivity contribution in [2.75, 3.05) is 26.2 Å². The lowest BCUT2D eigenvalue weighted by atomic mass is 10.4. The van der Waals surface area contributed by atoms with Gasteiger partial charge in [-0.15, -0.1) is 0 Å². The van der Waals surface area contributed by atoms with Crippen molar-refractivity contribution in [2.24, 2.45) is 0 Å². The summed E-state index contributed by atoms with van der Waals surface area (Å²) in [5.74, 6) is 0. The maximum Gasteiger partial charge on any atom is 0.0716 e. The summed E-state index contributed by atoms with van der Waals surface area (Å²) < 4.78 is 0. The molecule has 0 aromatic heterocycles. The molecule has 0 aromatic rings. The number of aliphatic hydroxyl groups is 1. The highest BCUT2D eigenvalue weighted by Crippen LogP contribution is 2.40. The fraction of sp³-hybridized carbons (Fsp3) is 1.00. The third-order valence-electron chi connectivity index (χ3n) is 2.53. The molecule has 2 N–H and O–H groups in total. The maximum absolute atomic E-state index is 8.72. The Bertz CT molecular complexity index is 134. The molecule has 0 atom stereocenters. The van der Waals surface area contributed by atoms with Gasteiger partial charge in [-0.3, -0.25) is 10.2 Å². The molecule has 58 valence electrons. The van der Waals surface area contributed by atoms with Crippen LogP contribution < -0.4 is 5.32 Å². The van der Waals surface area contributed by atoms with E-state index < -0.39 is 0 Å². The normalized spacial score (nSPS) is 29.7. The topological polar surface area (TPSA) is 35.5 Å². The molecule has 3 nitrogen and oxygen atoms in total. The van der Waals surface area contributed by atoms with E-state index in [1.54, 1.807) is 0 Å². The monoisotopic (exact) mass is 142 g/mol. The number of β-amino-alcohol motifs (C(OH)–C–C–N with tert-alkyl or cyclic N) is 1. The van der Waals surface area contributed by atoms with E-state index in [4.69, 9.17) is 5.11 Å². The van der Waals surface area contributed by atoms with Crippen LogP contribution in [0.4, 0.5) is 0 Å². The Morgan fingerprint density at radius 1 is 1.50 bits per heavy atom. The molecule has 1 spiro atoms. The van der Waals surface area contributed by atoms with E-state index in [2.05, 4.69) is 10.2 Å². The molecule has 2 rings (SSSR count). The van der Waals surface area contributed by atoms with Gasteiger partial charge in [-0.2, -0.15) is 0 Å². The zero-order valence-corrected chi connectivity index (χ0v) is 6.14. The lowest BCUT2D eigenvalue weighted by Gasteiger charge is -2.21. The minimum absolute atomic E-state index is 0.295. The first-order valence-electron chi connectivity index (χ1n) is 3.98. The van der Waals surface area contributed by atoms with Crippen LogP contribution in [-0.2, 0) is 0 Å². The second-order valence-electron chi connectivity index (χ2n) is 3.17. The van der Waals surface area contributed by atoms with Crippen LogP contribution in [-0.4, -0.2) is 41.9 Å². The Labute approximate surface area is 61.0 Å². The summed E-state index contributed by atoms with van der Waals surface area (Å²) in [6.45, 7) is 3.34. The van der Waals surface area contributed by atoms with Crippen LogP contribution in [0.3, 0.4) is 0 Å². The largest absolute Gasteiger partial charge is 0.395 e. The summed E-state index contributed by atoms with van der Waals surface area (Å²) in [6.07, 6.45) is 2.54. The summed E-state index contributed by atoms with van der Waals surface area (Å²) >= 11 is 0. The van der Waals surface area contributed by atoms with E-state index in [-0.39, 0.29) is 0 Å². The summed E-state index contributed by atoms with van der Waals surface area (Å²) in [7, 11) is 0. The van der Waals surface area contributed by atoms with E-state index >= 15 is 0 Å². The van der Waals surface area contributed by atoms with Gasteiger partial charge in [0, 0.05) is 19.6 Å². The predicted molar refractivity (Wildman–Crippen MR) is 38.6 cm³/mol. The summed E-state index contributed by atoms with van der Waals surface area (Å²) in [5.41, 5.74) is 0.336. The van der Waals surface area contributed by atoms with Crippen molar-refractivity contribution in [3.63, 3.8) is 0 Å². The Balaban J connectivity index is 1.94. The van der Waals surface area contributed by atoms with Crippen LogP contribution in [0.15, 0.2) is 0 Å². The smallest absolute Gasteiger partial charge is 0.0716 e. The van der Waals surface area contributed by atoms with Gasteiger partial charge in [-0.25, -0.2) is 0 Å². The summed E-state index contributed by atoms with van der Waals surface area (Å²) in [4.78, 5) is 2.35. The average Bonchev–Trinajstić information content (AvgIpc) is 2.57. The molecule has 2 fully saturated rings. The van der Waals surface area contributed by atoms with Crippen molar-refractivity contribution < 1.29 is 5.11 Å². The highest BCUT2D eigenvalue weighted by molar-refractivity contribution is 5.05. The molecule has 1 aliphatic heterocycles. The van der Waals surface area contributed by atoms with Gasteiger partial charge in [0.25, 0.3) is 0 Å². The van der Waals surface area contributed by atoms with Gasteiger partial charge in [0.2, 0.25) is 0 Å². The minimum atomic E-state index is 0.295. The van der Waals surface area contributed by atoms with Crippen LogP contribution >= 0.6 is 0 Å². The van der Waals surface area contributed by atoms with Gasteiger partial charge in [0.1, 0.15) is 0 Å². The second kappa shape index (κ2) is 2.19. The molecule has 1 heterocycles. The molecule has 0 radical (unpaired) electrons. The van der Waals surface area contributed by atoms with Crippen molar-refractivity contribution in [1.29, 1.82) is 0 Å². The van der Waals surface area contributed by atoms with E-state index in [0.717, 1.165) is 19.6 Å². The first-order valence-corrected chi connectivity index (χ1v) is 3.98. The molecule has 2 aliphatic rings. The third-order valence-corrected chi connectivity index (χ3v) is 2.53. The summed E-state index contributed by atoms with van der Waals surface area (Å²) in [6, 6.07) is 0. The van der Waals surface area contributed by atoms with Crippen molar-refractivity contribution in [3.8, 4) is 0 Å². The number of rotatable bonds is 2. The quantitative estimate of drug-likeness (QED) is 0.539. The van der Waals surface area contributed by atoms with Crippen LogP contribution in [0.25, 0.3) is 0 Å². The predicted octanol–water partition coefficient (Wildman–Crippen LogP) is -0.626. The fourth-order valence-electron chi connectivity index (χ4n) is 1.81. The molecular formula is C7H14N2O.